The molecule has 1 aliphatic rings. The number of ether oxygens (including phenoxy) is 2. The summed E-state index contributed by atoms with van der Waals surface area (Å²) in [6, 6.07) is 4.45. The maximum atomic E-state index is 13.7. The summed E-state index contributed by atoms with van der Waals surface area (Å²) in [6.07, 6.45) is -4.45. The van der Waals surface area contributed by atoms with Crippen molar-refractivity contribution >= 4 is 11.6 Å². The van der Waals surface area contributed by atoms with Gasteiger partial charge in [0, 0.05) is 39.0 Å². The Morgan fingerprint density at radius 3 is 2.48 bits per heavy atom. The lowest BCUT2D eigenvalue weighted by Crippen LogP contribution is -2.45. The number of aliphatic imine (C=N–C) groups is 1. The van der Waals surface area contributed by atoms with E-state index in [2.05, 4.69) is 15.6 Å². The molecule has 164 valence electrons. The van der Waals surface area contributed by atoms with Crippen LogP contribution in [0.4, 0.5) is 18.9 Å². The summed E-state index contributed by atoms with van der Waals surface area (Å²) in [5.41, 5.74) is -0.385. The molecule has 2 rings (SSSR count). The van der Waals surface area contributed by atoms with E-state index in [0.29, 0.717) is 51.0 Å². The number of halogens is 3. The maximum Gasteiger partial charge on any atom is 0.416 e. The Bertz CT molecular complexity index is 687. The second-order valence-corrected chi connectivity index (χ2v) is 7.45. The topological polar surface area (TPSA) is 58.1 Å². The summed E-state index contributed by atoms with van der Waals surface area (Å²) < 4.78 is 51.7. The van der Waals surface area contributed by atoms with E-state index in [0.717, 1.165) is 0 Å². The van der Waals surface area contributed by atoms with E-state index in [1.807, 2.05) is 25.7 Å². The van der Waals surface area contributed by atoms with Gasteiger partial charge in [0.15, 0.2) is 5.96 Å². The number of nitrogens with one attached hydrogen (secondary N) is 2. The molecule has 0 radical (unpaired) electrons. The predicted molar refractivity (Wildman–Crippen MR) is 108 cm³/mol. The van der Waals surface area contributed by atoms with E-state index in [9.17, 15) is 13.2 Å². The van der Waals surface area contributed by atoms with E-state index in [-0.39, 0.29) is 12.1 Å². The van der Waals surface area contributed by atoms with Crippen LogP contribution in [-0.2, 0) is 22.2 Å². The molecule has 2 N–H and O–H groups in total. The van der Waals surface area contributed by atoms with Crippen molar-refractivity contribution in [3.8, 4) is 0 Å². The fourth-order valence-electron chi connectivity index (χ4n) is 2.86. The minimum Gasteiger partial charge on any atom is -0.378 e. The van der Waals surface area contributed by atoms with Gasteiger partial charge in [-0.15, -0.1) is 0 Å². The van der Waals surface area contributed by atoms with E-state index < -0.39 is 17.3 Å². The van der Waals surface area contributed by atoms with Crippen molar-refractivity contribution in [3.05, 3.63) is 29.3 Å². The van der Waals surface area contributed by atoms with Crippen LogP contribution in [0.3, 0.4) is 0 Å². The summed E-state index contributed by atoms with van der Waals surface area (Å²) in [6.45, 7) is 8.91. The highest BCUT2D eigenvalue weighted by Crippen LogP contribution is 2.35. The van der Waals surface area contributed by atoms with Gasteiger partial charge in [-0.05, 0) is 38.5 Å². The van der Waals surface area contributed by atoms with Gasteiger partial charge in [0.05, 0.1) is 30.9 Å². The summed E-state index contributed by atoms with van der Waals surface area (Å²) >= 11 is 0. The zero-order valence-corrected chi connectivity index (χ0v) is 17.5. The molecule has 0 bridgehead atoms. The van der Waals surface area contributed by atoms with Gasteiger partial charge in [0.2, 0.25) is 0 Å². The van der Waals surface area contributed by atoms with Gasteiger partial charge in [-0.1, -0.05) is 6.07 Å². The highest BCUT2D eigenvalue weighted by atomic mass is 19.4. The Kier molecular flexibility index (Phi) is 8.15. The standard InChI is InChI=1S/C20H31F3N4O2/c1-5-24-18(26-14-19(2,3)28-4)25-13-15-6-7-16(12-17(15)20(21,22)23)27-8-10-29-11-9-27/h6-7,12H,5,8-11,13-14H2,1-4H3,(H2,24,25,26). The molecule has 29 heavy (non-hydrogen) atoms. The first kappa shape index (κ1) is 23.3. The number of methoxy groups -OCH3 is 1. The van der Waals surface area contributed by atoms with Gasteiger partial charge in [-0.25, -0.2) is 4.99 Å². The van der Waals surface area contributed by atoms with E-state index in [1.54, 1.807) is 13.2 Å². The minimum absolute atomic E-state index is 0.0824. The highest BCUT2D eigenvalue weighted by Gasteiger charge is 2.34. The van der Waals surface area contributed by atoms with Crippen LogP contribution in [0.1, 0.15) is 31.9 Å². The highest BCUT2D eigenvalue weighted by molar-refractivity contribution is 5.79. The zero-order valence-electron chi connectivity index (χ0n) is 17.5. The smallest absolute Gasteiger partial charge is 0.378 e. The fraction of sp³-hybridized carbons (Fsp3) is 0.650. The molecule has 1 fully saturated rings. The van der Waals surface area contributed by atoms with Gasteiger partial charge < -0.3 is 25.0 Å². The lowest BCUT2D eigenvalue weighted by atomic mass is 10.1. The summed E-state index contributed by atoms with van der Waals surface area (Å²) in [4.78, 5) is 6.25. The molecule has 1 heterocycles. The molecule has 1 saturated heterocycles. The first-order valence-electron chi connectivity index (χ1n) is 9.76. The number of anilines is 1. The van der Waals surface area contributed by atoms with Crippen molar-refractivity contribution < 1.29 is 22.6 Å². The monoisotopic (exact) mass is 416 g/mol. The Balaban J connectivity index is 2.21. The lowest BCUT2D eigenvalue weighted by Gasteiger charge is -2.29. The van der Waals surface area contributed by atoms with Crippen molar-refractivity contribution in [2.24, 2.45) is 4.99 Å². The molecular formula is C20H31F3N4O2. The van der Waals surface area contributed by atoms with Gasteiger partial charge in [0.1, 0.15) is 0 Å². The van der Waals surface area contributed by atoms with Crippen molar-refractivity contribution in [3.63, 3.8) is 0 Å². The van der Waals surface area contributed by atoms with Crippen LogP contribution >= 0.6 is 0 Å². The van der Waals surface area contributed by atoms with Gasteiger partial charge >= 0.3 is 6.18 Å². The van der Waals surface area contributed by atoms with Crippen LogP contribution in [0, 0.1) is 0 Å². The normalized spacial score (nSPS) is 16.1. The van der Waals surface area contributed by atoms with Gasteiger partial charge in [0.25, 0.3) is 0 Å². The zero-order chi connectivity index (χ0) is 21.5. The van der Waals surface area contributed by atoms with Crippen LogP contribution < -0.4 is 15.5 Å². The summed E-state index contributed by atoms with van der Waals surface area (Å²) in [5, 5.41) is 6.16. The Hall–Kier alpha value is -2.00. The molecule has 0 amide bonds. The number of alkyl halides is 3. The molecule has 0 atom stereocenters. The number of benzene rings is 1. The largest absolute Gasteiger partial charge is 0.416 e. The molecule has 6 nitrogen and oxygen atoms in total. The lowest BCUT2D eigenvalue weighted by molar-refractivity contribution is -0.138. The van der Waals surface area contributed by atoms with E-state index in [4.69, 9.17) is 9.47 Å². The molecule has 0 unspecified atom stereocenters. The average molecular weight is 416 g/mol. The number of hydrogen-bond acceptors (Lipinski definition) is 4. The Morgan fingerprint density at radius 1 is 1.21 bits per heavy atom. The molecule has 0 saturated carbocycles. The quantitative estimate of drug-likeness (QED) is 0.529. The first-order valence-corrected chi connectivity index (χ1v) is 9.76. The third-order valence-electron chi connectivity index (χ3n) is 4.76. The van der Waals surface area contributed by atoms with Crippen LogP contribution in [0.2, 0.25) is 0 Å². The predicted octanol–water partition coefficient (Wildman–Crippen LogP) is 3.02. The van der Waals surface area contributed by atoms with Crippen molar-refractivity contribution in [1.29, 1.82) is 0 Å². The number of rotatable bonds is 7. The third-order valence-corrected chi connectivity index (χ3v) is 4.76. The van der Waals surface area contributed by atoms with Crippen LogP contribution in [0.25, 0.3) is 0 Å². The molecule has 1 aliphatic heterocycles. The molecule has 0 aliphatic carbocycles. The Morgan fingerprint density at radius 2 is 1.90 bits per heavy atom. The number of morpholine rings is 1. The van der Waals surface area contributed by atoms with Crippen LogP contribution in [-0.4, -0.2) is 58.1 Å². The fourth-order valence-corrected chi connectivity index (χ4v) is 2.86. The van der Waals surface area contributed by atoms with E-state index >= 15 is 0 Å². The molecule has 0 aromatic heterocycles. The molecule has 1 aromatic rings. The Labute approximate surface area is 170 Å². The maximum absolute atomic E-state index is 13.7. The van der Waals surface area contributed by atoms with Gasteiger partial charge in [-0.3, -0.25) is 0 Å². The number of hydrogen-bond donors (Lipinski definition) is 2. The summed E-state index contributed by atoms with van der Waals surface area (Å²) in [5.74, 6) is 0.447. The second kappa shape index (κ2) is 10.2. The van der Waals surface area contributed by atoms with Crippen LogP contribution in [0.5, 0.6) is 0 Å². The van der Waals surface area contributed by atoms with Crippen LogP contribution in [0.15, 0.2) is 23.2 Å². The third kappa shape index (κ3) is 7.08. The minimum atomic E-state index is -4.45. The number of guanidine groups is 1. The summed E-state index contributed by atoms with van der Waals surface area (Å²) in [7, 11) is 1.61. The number of nitrogens with zero attached hydrogens (tertiary/aromatic N) is 2. The van der Waals surface area contributed by atoms with Crippen molar-refractivity contribution in [2.75, 3.05) is 51.4 Å². The SMILES string of the molecule is CCNC(=NCc1ccc(N2CCOCC2)cc1C(F)(F)F)NCC(C)(C)OC. The molecular weight excluding hydrogens is 385 g/mol. The van der Waals surface area contributed by atoms with Crippen molar-refractivity contribution in [1.82, 2.24) is 10.6 Å². The average Bonchev–Trinajstić information content (AvgIpc) is 2.70. The van der Waals surface area contributed by atoms with Crippen molar-refractivity contribution in [2.45, 2.75) is 39.1 Å². The van der Waals surface area contributed by atoms with Gasteiger partial charge in [-0.2, -0.15) is 13.2 Å². The van der Waals surface area contributed by atoms with E-state index in [1.165, 1.54) is 12.1 Å². The molecule has 0 spiro atoms. The molecule has 1 aromatic carbocycles. The molecule has 9 heteroatoms. The first-order chi connectivity index (χ1) is 13.7. The second-order valence-electron chi connectivity index (χ2n) is 7.45.